The molecule has 0 bridgehead atoms. The molecule has 12 heavy (non-hydrogen) atoms. The van der Waals surface area contributed by atoms with Gasteiger partial charge in [0.2, 0.25) is 0 Å². The smallest absolute Gasteiger partial charge is 0.124 e. The van der Waals surface area contributed by atoms with Crippen molar-refractivity contribution in [1.82, 2.24) is 14.7 Å². The van der Waals surface area contributed by atoms with Crippen molar-refractivity contribution in [3.8, 4) is 0 Å². The van der Waals surface area contributed by atoms with Crippen molar-refractivity contribution in [2.45, 2.75) is 13.5 Å². The summed E-state index contributed by atoms with van der Waals surface area (Å²) in [5, 5.41) is 4.30. The first-order valence-corrected chi connectivity index (χ1v) is 3.95. The summed E-state index contributed by atoms with van der Waals surface area (Å²) >= 11 is 0. The number of nitrogens with two attached hydrogens (primary N) is 1. The van der Waals surface area contributed by atoms with Gasteiger partial charge in [0.15, 0.2) is 0 Å². The minimum atomic E-state index is 0.756. The number of aryl methyl sites for hydroxylation is 1. The van der Waals surface area contributed by atoms with Crippen LogP contribution in [0.1, 0.15) is 11.3 Å². The quantitative estimate of drug-likeness (QED) is 0.694. The lowest BCUT2D eigenvalue weighted by molar-refractivity contribution is 0.394. The second kappa shape index (κ2) is 3.15. The molecule has 0 aromatic carbocycles. The van der Waals surface area contributed by atoms with E-state index in [2.05, 4.69) is 10.00 Å². The topological polar surface area (TPSA) is 47.1 Å². The van der Waals surface area contributed by atoms with E-state index < -0.39 is 0 Å². The summed E-state index contributed by atoms with van der Waals surface area (Å²) in [5.41, 5.74) is 7.90. The van der Waals surface area contributed by atoms with E-state index in [1.54, 1.807) is 4.68 Å². The summed E-state index contributed by atoms with van der Waals surface area (Å²) in [7, 11) is 5.90. The van der Waals surface area contributed by atoms with Crippen LogP contribution in [0.4, 0.5) is 5.82 Å². The van der Waals surface area contributed by atoms with E-state index in [1.807, 2.05) is 28.1 Å². The molecule has 0 aliphatic rings. The standard InChI is InChI=1S/C8H16N4/c1-6-7(5-11(2)3)10-12(4)8(6)9/h5,9H2,1-4H3. The molecular weight excluding hydrogens is 152 g/mol. The van der Waals surface area contributed by atoms with Crippen LogP contribution in [0.15, 0.2) is 0 Å². The van der Waals surface area contributed by atoms with E-state index in [4.69, 9.17) is 5.73 Å². The summed E-state index contributed by atoms with van der Waals surface area (Å²) in [4.78, 5) is 2.08. The molecule has 0 fully saturated rings. The van der Waals surface area contributed by atoms with Gasteiger partial charge in [0, 0.05) is 19.2 Å². The highest BCUT2D eigenvalue weighted by molar-refractivity contribution is 5.41. The monoisotopic (exact) mass is 168 g/mol. The van der Waals surface area contributed by atoms with Gasteiger partial charge in [0.25, 0.3) is 0 Å². The van der Waals surface area contributed by atoms with Crippen molar-refractivity contribution in [3.63, 3.8) is 0 Å². The molecule has 0 saturated heterocycles. The van der Waals surface area contributed by atoms with E-state index in [1.165, 1.54) is 0 Å². The molecule has 2 N–H and O–H groups in total. The van der Waals surface area contributed by atoms with Gasteiger partial charge in [0.1, 0.15) is 5.82 Å². The fourth-order valence-corrected chi connectivity index (χ4v) is 1.15. The second-order valence-corrected chi connectivity index (χ2v) is 3.32. The lowest BCUT2D eigenvalue weighted by atomic mass is 10.2. The van der Waals surface area contributed by atoms with Crippen molar-refractivity contribution in [1.29, 1.82) is 0 Å². The fourth-order valence-electron chi connectivity index (χ4n) is 1.15. The predicted octanol–water partition coefficient (Wildman–Crippen LogP) is 0.372. The van der Waals surface area contributed by atoms with Crippen molar-refractivity contribution >= 4 is 5.82 Å². The largest absolute Gasteiger partial charge is 0.384 e. The van der Waals surface area contributed by atoms with Crippen LogP contribution in [0.25, 0.3) is 0 Å². The predicted molar refractivity (Wildman–Crippen MR) is 49.7 cm³/mol. The van der Waals surface area contributed by atoms with Crippen LogP contribution >= 0.6 is 0 Å². The van der Waals surface area contributed by atoms with Gasteiger partial charge in [-0.3, -0.25) is 4.68 Å². The van der Waals surface area contributed by atoms with Crippen LogP contribution in [0.2, 0.25) is 0 Å². The van der Waals surface area contributed by atoms with Gasteiger partial charge in [-0.25, -0.2) is 0 Å². The normalized spacial score (nSPS) is 11.1. The Labute approximate surface area is 73.0 Å². The van der Waals surface area contributed by atoms with Crippen molar-refractivity contribution in [3.05, 3.63) is 11.3 Å². The van der Waals surface area contributed by atoms with Crippen LogP contribution < -0.4 is 5.73 Å². The van der Waals surface area contributed by atoms with Gasteiger partial charge in [-0.1, -0.05) is 0 Å². The Hall–Kier alpha value is -1.03. The third kappa shape index (κ3) is 1.58. The summed E-state index contributed by atoms with van der Waals surface area (Å²) in [6.45, 7) is 2.85. The van der Waals surface area contributed by atoms with Gasteiger partial charge < -0.3 is 10.6 Å². The SMILES string of the molecule is Cc1c(CN(C)C)nn(C)c1N. The number of rotatable bonds is 2. The molecule has 1 rings (SSSR count). The summed E-state index contributed by atoms with van der Waals surface area (Å²) in [5.74, 6) is 0.756. The number of anilines is 1. The van der Waals surface area contributed by atoms with Crippen LogP contribution in [0.3, 0.4) is 0 Å². The zero-order valence-electron chi connectivity index (χ0n) is 8.13. The van der Waals surface area contributed by atoms with Gasteiger partial charge >= 0.3 is 0 Å². The summed E-state index contributed by atoms with van der Waals surface area (Å²) < 4.78 is 1.72. The first-order chi connectivity index (χ1) is 5.52. The molecule has 0 spiro atoms. The number of aromatic nitrogens is 2. The maximum Gasteiger partial charge on any atom is 0.124 e. The Morgan fingerprint density at radius 2 is 2.08 bits per heavy atom. The first-order valence-electron chi connectivity index (χ1n) is 3.95. The third-order valence-electron chi connectivity index (χ3n) is 1.90. The highest BCUT2D eigenvalue weighted by Crippen LogP contribution is 2.14. The fraction of sp³-hybridized carbons (Fsp3) is 0.625. The maximum atomic E-state index is 5.76. The Kier molecular flexibility index (Phi) is 2.38. The molecule has 0 aliphatic heterocycles. The molecule has 1 aromatic heterocycles. The molecule has 0 saturated carbocycles. The zero-order chi connectivity index (χ0) is 9.30. The molecule has 0 aliphatic carbocycles. The second-order valence-electron chi connectivity index (χ2n) is 3.32. The van der Waals surface area contributed by atoms with Gasteiger partial charge in [-0.15, -0.1) is 0 Å². The Balaban J connectivity index is 2.93. The highest BCUT2D eigenvalue weighted by atomic mass is 15.3. The zero-order valence-corrected chi connectivity index (χ0v) is 8.13. The van der Waals surface area contributed by atoms with E-state index in [9.17, 15) is 0 Å². The van der Waals surface area contributed by atoms with Crippen molar-refractivity contribution in [2.75, 3.05) is 19.8 Å². The Bertz CT molecular complexity index is 275. The van der Waals surface area contributed by atoms with E-state index >= 15 is 0 Å². The van der Waals surface area contributed by atoms with Crippen molar-refractivity contribution in [2.24, 2.45) is 7.05 Å². The van der Waals surface area contributed by atoms with E-state index in [-0.39, 0.29) is 0 Å². The van der Waals surface area contributed by atoms with Gasteiger partial charge in [0.05, 0.1) is 5.69 Å². The lowest BCUT2D eigenvalue weighted by Crippen LogP contribution is -2.12. The van der Waals surface area contributed by atoms with E-state index in [0.717, 1.165) is 23.6 Å². The molecule has 0 amide bonds. The Morgan fingerprint density at radius 3 is 2.42 bits per heavy atom. The number of hydrogen-bond acceptors (Lipinski definition) is 3. The summed E-state index contributed by atoms with van der Waals surface area (Å²) in [6, 6.07) is 0. The molecular formula is C8H16N4. The molecule has 1 heterocycles. The number of nitrogens with zero attached hydrogens (tertiary/aromatic N) is 3. The molecule has 0 atom stereocenters. The maximum absolute atomic E-state index is 5.76. The number of nitrogen functional groups attached to an aromatic ring is 1. The minimum absolute atomic E-state index is 0.756. The average molecular weight is 168 g/mol. The van der Waals surface area contributed by atoms with Crippen LogP contribution in [0.5, 0.6) is 0 Å². The molecule has 1 aromatic rings. The highest BCUT2D eigenvalue weighted by Gasteiger charge is 2.08. The van der Waals surface area contributed by atoms with Gasteiger partial charge in [-0.05, 0) is 21.0 Å². The van der Waals surface area contributed by atoms with Crippen LogP contribution in [-0.4, -0.2) is 28.8 Å². The van der Waals surface area contributed by atoms with Gasteiger partial charge in [-0.2, -0.15) is 5.10 Å². The van der Waals surface area contributed by atoms with Crippen LogP contribution in [-0.2, 0) is 13.6 Å². The summed E-state index contributed by atoms with van der Waals surface area (Å²) in [6.07, 6.45) is 0. The molecule has 68 valence electrons. The first kappa shape index (κ1) is 9.06. The number of hydrogen-bond donors (Lipinski definition) is 1. The van der Waals surface area contributed by atoms with Crippen molar-refractivity contribution < 1.29 is 0 Å². The van der Waals surface area contributed by atoms with Crippen LogP contribution in [0, 0.1) is 6.92 Å². The molecule has 4 heteroatoms. The van der Waals surface area contributed by atoms with E-state index in [0.29, 0.717) is 0 Å². The lowest BCUT2D eigenvalue weighted by Gasteiger charge is -2.06. The molecule has 0 unspecified atom stereocenters. The third-order valence-corrected chi connectivity index (χ3v) is 1.90. The minimum Gasteiger partial charge on any atom is -0.384 e. The molecule has 4 nitrogen and oxygen atoms in total. The average Bonchev–Trinajstić information content (AvgIpc) is 2.17. The Morgan fingerprint density at radius 1 is 1.50 bits per heavy atom. The molecule has 0 radical (unpaired) electrons.